The first-order valence-electron chi connectivity index (χ1n) is 5.86. The van der Waals surface area contributed by atoms with Crippen LogP contribution in [0.3, 0.4) is 0 Å². The SMILES string of the molecule is Cc1cc(CS(=O)(=O)NCc2nc(C)c(C(=O)O)s2)no1. The van der Waals surface area contributed by atoms with E-state index in [2.05, 4.69) is 14.9 Å². The smallest absolute Gasteiger partial charge is 0.347 e. The minimum Gasteiger partial charge on any atom is -0.477 e. The maximum Gasteiger partial charge on any atom is 0.347 e. The van der Waals surface area contributed by atoms with Crippen molar-refractivity contribution >= 4 is 27.3 Å². The van der Waals surface area contributed by atoms with Crippen LogP contribution in [0, 0.1) is 13.8 Å². The molecule has 0 spiro atoms. The van der Waals surface area contributed by atoms with Gasteiger partial charge in [-0.2, -0.15) is 0 Å². The van der Waals surface area contributed by atoms with E-state index in [4.69, 9.17) is 9.63 Å². The van der Waals surface area contributed by atoms with Gasteiger partial charge in [0.15, 0.2) is 0 Å². The van der Waals surface area contributed by atoms with Crippen molar-refractivity contribution in [2.45, 2.75) is 26.1 Å². The molecule has 0 aliphatic carbocycles. The highest BCUT2D eigenvalue weighted by Crippen LogP contribution is 2.18. The molecule has 2 aromatic rings. The van der Waals surface area contributed by atoms with Crippen molar-refractivity contribution in [1.82, 2.24) is 14.9 Å². The van der Waals surface area contributed by atoms with Gasteiger partial charge in [0.05, 0.1) is 12.2 Å². The molecule has 0 radical (unpaired) electrons. The van der Waals surface area contributed by atoms with Gasteiger partial charge in [0, 0.05) is 6.07 Å². The van der Waals surface area contributed by atoms with Crippen molar-refractivity contribution < 1.29 is 22.8 Å². The number of aromatic nitrogens is 2. The highest BCUT2D eigenvalue weighted by Gasteiger charge is 2.17. The van der Waals surface area contributed by atoms with Gasteiger partial charge in [-0.1, -0.05) is 5.16 Å². The molecule has 10 heteroatoms. The number of rotatable bonds is 6. The largest absolute Gasteiger partial charge is 0.477 e. The fourth-order valence-electron chi connectivity index (χ4n) is 1.63. The highest BCUT2D eigenvalue weighted by atomic mass is 32.2. The number of carbonyl (C=O) groups is 1. The van der Waals surface area contributed by atoms with Crippen LogP contribution < -0.4 is 4.72 Å². The van der Waals surface area contributed by atoms with E-state index in [9.17, 15) is 13.2 Å². The van der Waals surface area contributed by atoms with Gasteiger partial charge in [-0.15, -0.1) is 11.3 Å². The maximum atomic E-state index is 11.9. The van der Waals surface area contributed by atoms with Gasteiger partial charge in [-0.05, 0) is 13.8 Å². The van der Waals surface area contributed by atoms with E-state index in [1.165, 1.54) is 6.07 Å². The second-order valence-electron chi connectivity index (χ2n) is 4.34. The van der Waals surface area contributed by atoms with E-state index in [0.29, 0.717) is 22.2 Å². The fraction of sp³-hybridized carbons (Fsp3) is 0.364. The van der Waals surface area contributed by atoms with Crippen LogP contribution in [0.4, 0.5) is 0 Å². The molecule has 0 aliphatic heterocycles. The standard InChI is InChI=1S/C11H13N3O5S2/c1-6-3-8(14-19-6)5-21(17,18)12-4-9-13-7(2)10(20-9)11(15)16/h3,12H,4-5H2,1-2H3,(H,15,16). The number of nitrogens with one attached hydrogen (secondary N) is 1. The van der Waals surface area contributed by atoms with Gasteiger partial charge >= 0.3 is 5.97 Å². The Labute approximate surface area is 124 Å². The van der Waals surface area contributed by atoms with Crippen LogP contribution in [-0.2, 0) is 22.3 Å². The second-order valence-corrected chi connectivity index (χ2v) is 7.23. The van der Waals surface area contributed by atoms with Crippen molar-refractivity contribution in [1.29, 1.82) is 0 Å². The van der Waals surface area contributed by atoms with Gasteiger partial charge < -0.3 is 9.63 Å². The molecule has 2 aromatic heterocycles. The third-order valence-electron chi connectivity index (χ3n) is 2.49. The molecule has 8 nitrogen and oxygen atoms in total. The molecule has 0 atom stereocenters. The summed E-state index contributed by atoms with van der Waals surface area (Å²) in [4.78, 5) is 15.0. The van der Waals surface area contributed by atoms with Gasteiger partial charge in [0.25, 0.3) is 0 Å². The van der Waals surface area contributed by atoms with Gasteiger partial charge in [0.2, 0.25) is 10.0 Å². The zero-order chi connectivity index (χ0) is 15.6. The predicted molar refractivity (Wildman–Crippen MR) is 74.5 cm³/mol. The third kappa shape index (κ3) is 4.09. The summed E-state index contributed by atoms with van der Waals surface area (Å²) >= 11 is 0.947. The van der Waals surface area contributed by atoms with Crippen LogP contribution in [0.15, 0.2) is 10.6 Å². The Hall–Kier alpha value is -1.78. The molecule has 2 heterocycles. The molecule has 2 N–H and O–H groups in total. The molecular weight excluding hydrogens is 318 g/mol. The second kappa shape index (κ2) is 5.92. The fourth-order valence-corrected chi connectivity index (χ4v) is 3.55. The first-order valence-corrected chi connectivity index (χ1v) is 8.33. The Morgan fingerprint density at radius 1 is 1.48 bits per heavy atom. The average Bonchev–Trinajstić information content (AvgIpc) is 2.93. The van der Waals surface area contributed by atoms with E-state index < -0.39 is 16.0 Å². The summed E-state index contributed by atoms with van der Waals surface area (Å²) in [6.45, 7) is 3.18. The van der Waals surface area contributed by atoms with Crippen molar-refractivity contribution in [2.24, 2.45) is 0 Å². The van der Waals surface area contributed by atoms with E-state index >= 15 is 0 Å². The van der Waals surface area contributed by atoms with Crippen molar-refractivity contribution in [3.8, 4) is 0 Å². The normalized spacial score (nSPS) is 11.7. The van der Waals surface area contributed by atoms with Crippen LogP contribution in [0.25, 0.3) is 0 Å². The Balaban J connectivity index is 2.01. The molecule has 0 fully saturated rings. The summed E-state index contributed by atoms with van der Waals surface area (Å²) in [6.07, 6.45) is 0. The summed E-state index contributed by atoms with van der Waals surface area (Å²) in [5.74, 6) is -0.848. The molecule has 114 valence electrons. The van der Waals surface area contributed by atoms with Crippen LogP contribution in [0.2, 0.25) is 0 Å². The Kier molecular flexibility index (Phi) is 4.40. The van der Waals surface area contributed by atoms with E-state index in [1.807, 2.05) is 0 Å². The number of nitrogens with zero attached hydrogens (tertiary/aromatic N) is 2. The number of carboxylic acid groups (broad SMARTS) is 1. The molecule has 21 heavy (non-hydrogen) atoms. The lowest BCUT2D eigenvalue weighted by Crippen LogP contribution is -2.24. The van der Waals surface area contributed by atoms with Gasteiger partial charge in [-0.3, -0.25) is 0 Å². The number of hydrogen-bond donors (Lipinski definition) is 2. The zero-order valence-corrected chi connectivity index (χ0v) is 12.9. The summed E-state index contributed by atoms with van der Waals surface area (Å²) in [7, 11) is -3.60. The van der Waals surface area contributed by atoms with E-state index in [-0.39, 0.29) is 17.2 Å². The number of thiazole rings is 1. The third-order valence-corrected chi connectivity index (χ3v) is 4.90. The quantitative estimate of drug-likeness (QED) is 0.811. The predicted octanol–water partition coefficient (Wildman–Crippen LogP) is 1.07. The van der Waals surface area contributed by atoms with E-state index in [1.54, 1.807) is 13.8 Å². The number of aromatic carboxylic acids is 1. The zero-order valence-electron chi connectivity index (χ0n) is 11.3. The first-order chi connectivity index (χ1) is 9.77. The summed E-state index contributed by atoms with van der Waals surface area (Å²) in [5.41, 5.74) is 0.676. The lowest BCUT2D eigenvalue weighted by atomic mass is 10.4. The molecule has 2 rings (SSSR count). The molecule has 0 saturated heterocycles. The first kappa shape index (κ1) is 15.6. The maximum absolute atomic E-state index is 11.9. The van der Waals surface area contributed by atoms with Crippen molar-refractivity contribution in [2.75, 3.05) is 0 Å². The summed E-state index contributed by atoms with van der Waals surface area (Å²) in [6, 6.07) is 1.54. The molecule has 0 aromatic carbocycles. The van der Waals surface area contributed by atoms with Crippen LogP contribution >= 0.6 is 11.3 Å². The monoisotopic (exact) mass is 331 g/mol. The van der Waals surface area contributed by atoms with Crippen LogP contribution in [0.1, 0.15) is 31.8 Å². The van der Waals surface area contributed by atoms with Crippen LogP contribution in [-0.4, -0.2) is 29.6 Å². The Bertz CT molecular complexity index is 763. The van der Waals surface area contributed by atoms with Gasteiger partial charge in [-0.25, -0.2) is 22.9 Å². The number of hydrogen-bond acceptors (Lipinski definition) is 7. The van der Waals surface area contributed by atoms with E-state index in [0.717, 1.165) is 11.3 Å². The molecule has 0 aliphatic rings. The minimum atomic E-state index is -3.60. The molecular formula is C11H13N3O5S2. The lowest BCUT2D eigenvalue weighted by molar-refractivity contribution is 0.0701. The topological polar surface area (TPSA) is 122 Å². The lowest BCUT2D eigenvalue weighted by Gasteiger charge is -2.02. The highest BCUT2D eigenvalue weighted by molar-refractivity contribution is 7.88. The number of sulfonamides is 1. The molecule has 0 saturated carbocycles. The van der Waals surface area contributed by atoms with Gasteiger partial charge in [0.1, 0.15) is 27.1 Å². The van der Waals surface area contributed by atoms with Crippen molar-refractivity contribution in [3.05, 3.63) is 33.1 Å². The Morgan fingerprint density at radius 2 is 2.19 bits per heavy atom. The molecule has 0 bridgehead atoms. The number of carboxylic acids is 1. The molecule has 0 unspecified atom stereocenters. The number of aryl methyl sites for hydroxylation is 2. The van der Waals surface area contributed by atoms with Crippen LogP contribution in [0.5, 0.6) is 0 Å². The Morgan fingerprint density at radius 3 is 2.71 bits per heavy atom. The summed E-state index contributed by atoms with van der Waals surface area (Å²) < 4.78 is 30.9. The average molecular weight is 331 g/mol. The minimum absolute atomic E-state index is 0.0576. The molecule has 0 amide bonds. The summed E-state index contributed by atoms with van der Waals surface area (Å²) in [5, 5.41) is 12.9. The van der Waals surface area contributed by atoms with Crippen molar-refractivity contribution in [3.63, 3.8) is 0 Å².